The molecule has 0 radical (unpaired) electrons. The van der Waals surface area contributed by atoms with Crippen molar-refractivity contribution >= 4 is 56.2 Å². The summed E-state index contributed by atoms with van der Waals surface area (Å²) < 4.78 is 1.10. The predicted molar refractivity (Wildman–Crippen MR) is 112 cm³/mol. The maximum Gasteiger partial charge on any atom is 0.173 e. The normalized spacial score (nSPS) is 14.5. The maximum absolute atomic E-state index is 9.49. The fraction of sp³-hybridized carbons (Fsp3) is 0.278. The zero-order valence-corrected chi connectivity index (χ0v) is 17.0. The van der Waals surface area contributed by atoms with Gasteiger partial charge in [-0.2, -0.15) is 0 Å². The molecule has 0 aromatic heterocycles. The van der Waals surface area contributed by atoms with Gasteiger partial charge < -0.3 is 20.2 Å². The Hall–Kier alpha value is -1.50. The lowest BCUT2D eigenvalue weighted by atomic mass is 10.1. The molecule has 1 aliphatic rings. The lowest BCUT2D eigenvalue weighted by Gasteiger charge is -2.38. The second-order valence-corrected chi connectivity index (χ2v) is 7.71. The van der Waals surface area contributed by atoms with E-state index in [2.05, 4.69) is 56.2 Å². The third kappa shape index (κ3) is 4.37. The molecule has 2 N–H and O–H groups in total. The first-order valence-electron chi connectivity index (χ1n) is 7.99. The Labute approximate surface area is 166 Å². The molecule has 0 bridgehead atoms. The van der Waals surface area contributed by atoms with Gasteiger partial charge in [0.05, 0.1) is 5.02 Å². The van der Waals surface area contributed by atoms with Gasteiger partial charge in [0.2, 0.25) is 0 Å². The van der Waals surface area contributed by atoms with Crippen LogP contribution in [-0.2, 0) is 0 Å². The average molecular weight is 441 g/mol. The second-order valence-electron chi connectivity index (χ2n) is 6.00. The van der Waals surface area contributed by atoms with Crippen LogP contribution in [0, 0.1) is 6.92 Å². The Morgan fingerprint density at radius 2 is 1.88 bits per heavy atom. The van der Waals surface area contributed by atoms with Crippen LogP contribution >= 0.6 is 39.7 Å². The summed E-state index contributed by atoms with van der Waals surface area (Å²) in [5.41, 5.74) is 3.31. The van der Waals surface area contributed by atoms with Crippen LogP contribution in [0.2, 0.25) is 5.02 Å². The topological polar surface area (TPSA) is 38.7 Å². The van der Waals surface area contributed by atoms with Crippen LogP contribution in [0.3, 0.4) is 0 Å². The van der Waals surface area contributed by atoms with Gasteiger partial charge in [0.15, 0.2) is 5.11 Å². The molecule has 0 atom stereocenters. The number of piperazine rings is 1. The lowest BCUT2D eigenvalue weighted by molar-refractivity contribution is 0.390. The highest BCUT2D eigenvalue weighted by atomic mass is 79.9. The molecule has 1 saturated heterocycles. The largest absolute Gasteiger partial charge is 0.506 e. The number of benzene rings is 2. The number of aromatic hydroxyl groups is 1. The first-order chi connectivity index (χ1) is 11.9. The summed E-state index contributed by atoms with van der Waals surface area (Å²) in [6.45, 7) is 5.68. The van der Waals surface area contributed by atoms with Crippen molar-refractivity contribution in [3.63, 3.8) is 0 Å². The molecule has 0 unspecified atom stereocenters. The SMILES string of the molecule is Cc1cc(Br)ccc1N1CCN(C(=S)Nc2ccc(O)c(Cl)c2)CC1. The molecular weight excluding hydrogens is 422 g/mol. The van der Waals surface area contributed by atoms with Gasteiger partial charge >= 0.3 is 0 Å². The summed E-state index contributed by atoms with van der Waals surface area (Å²) in [4.78, 5) is 4.54. The Morgan fingerprint density at radius 3 is 2.52 bits per heavy atom. The molecule has 2 aromatic carbocycles. The zero-order chi connectivity index (χ0) is 18.0. The highest BCUT2D eigenvalue weighted by Gasteiger charge is 2.20. The quantitative estimate of drug-likeness (QED) is 0.526. The molecule has 2 aromatic rings. The molecule has 0 aliphatic carbocycles. The molecule has 4 nitrogen and oxygen atoms in total. The Kier molecular flexibility index (Phi) is 5.71. The van der Waals surface area contributed by atoms with E-state index in [1.54, 1.807) is 18.2 Å². The molecule has 7 heteroatoms. The average Bonchev–Trinajstić information content (AvgIpc) is 2.58. The van der Waals surface area contributed by atoms with Crippen LogP contribution in [0.5, 0.6) is 5.75 Å². The summed E-state index contributed by atoms with van der Waals surface area (Å²) in [7, 11) is 0. The molecule has 0 amide bonds. The van der Waals surface area contributed by atoms with Crippen molar-refractivity contribution in [2.24, 2.45) is 0 Å². The number of phenolic OH excluding ortho intramolecular Hbond substituents is 1. The minimum Gasteiger partial charge on any atom is -0.506 e. The summed E-state index contributed by atoms with van der Waals surface area (Å²) in [5.74, 6) is 0.0663. The van der Waals surface area contributed by atoms with E-state index in [9.17, 15) is 5.11 Å². The van der Waals surface area contributed by atoms with Crippen LogP contribution in [0.1, 0.15) is 5.56 Å². The van der Waals surface area contributed by atoms with Crippen molar-refractivity contribution in [3.05, 3.63) is 51.5 Å². The van der Waals surface area contributed by atoms with Crippen molar-refractivity contribution in [1.29, 1.82) is 0 Å². The van der Waals surface area contributed by atoms with E-state index in [-0.39, 0.29) is 5.75 Å². The first-order valence-corrected chi connectivity index (χ1v) is 9.57. The molecule has 0 saturated carbocycles. The number of phenols is 1. The number of rotatable bonds is 2. The van der Waals surface area contributed by atoms with E-state index in [1.165, 1.54) is 11.3 Å². The van der Waals surface area contributed by atoms with Crippen LogP contribution in [0.15, 0.2) is 40.9 Å². The Morgan fingerprint density at radius 1 is 1.16 bits per heavy atom. The number of hydrogen-bond acceptors (Lipinski definition) is 3. The smallest absolute Gasteiger partial charge is 0.173 e. The number of aryl methyl sites for hydroxylation is 1. The summed E-state index contributed by atoms with van der Waals surface area (Å²) >= 11 is 15.0. The van der Waals surface area contributed by atoms with Crippen LogP contribution < -0.4 is 10.2 Å². The monoisotopic (exact) mass is 439 g/mol. The Balaban J connectivity index is 1.59. The summed E-state index contributed by atoms with van der Waals surface area (Å²) in [6.07, 6.45) is 0. The number of nitrogens with one attached hydrogen (secondary N) is 1. The number of hydrogen-bond donors (Lipinski definition) is 2. The molecule has 1 fully saturated rings. The predicted octanol–water partition coefficient (Wildman–Crippen LogP) is 4.64. The molecule has 132 valence electrons. The molecular formula is C18H19BrClN3OS. The Bertz CT molecular complexity index is 794. The van der Waals surface area contributed by atoms with Crippen molar-refractivity contribution in [1.82, 2.24) is 4.90 Å². The van der Waals surface area contributed by atoms with E-state index in [4.69, 9.17) is 23.8 Å². The van der Waals surface area contributed by atoms with Gasteiger partial charge in [-0.05, 0) is 61.1 Å². The first kappa shape index (κ1) is 18.3. The highest BCUT2D eigenvalue weighted by Crippen LogP contribution is 2.27. The van der Waals surface area contributed by atoms with Gasteiger partial charge in [-0.15, -0.1) is 0 Å². The van der Waals surface area contributed by atoms with E-state index >= 15 is 0 Å². The van der Waals surface area contributed by atoms with E-state index in [1.807, 2.05) is 0 Å². The minimum atomic E-state index is 0.0663. The van der Waals surface area contributed by atoms with Crippen molar-refractivity contribution < 1.29 is 5.11 Å². The van der Waals surface area contributed by atoms with Gasteiger partial charge in [-0.1, -0.05) is 27.5 Å². The number of nitrogens with zero attached hydrogens (tertiary/aromatic N) is 2. The molecule has 3 rings (SSSR count). The van der Waals surface area contributed by atoms with E-state index < -0.39 is 0 Å². The third-order valence-electron chi connectivity index (χ3n) is 4.27. The molecule has 25 heavy (non-hydrogen) atoms. The molecule has 0 spiro atoms. The molecule has 1 heterocycles. The van der Waals surface area contributed by atoms with Crippen molar-refractivity contribution in [2.75, 3.05) is 36.4 Å². The van der Waals surface area contributed by atoms with Crippen LogP contribution in [-0.4, -0.2) is 41.3 Å². The fourth-order valence-corrected chi connectivity index (χ4v) is 3.87. The van der Waals surface area contributed by atoms with Gasteiger partial charge in [-0.25, -0.2) is 0 Å². The van der Waals surface area contributed by atoms with Crippen LogP contribution in [0.25, 0.3) is 0 Å². The molecule has 1 aliphatic heterocycles. The maximum atomic E-state index is 9.49. The van der Waals surface area contributed by atoms with Gasteiger partial charge in [-0.3, -0.25) is 0 Å². The highest BCUT2D eigenvalue weighted by molar-refractivity contribution is 9.10. The number of thiocarbonyl (C=S) groups is 1. The van der Waals surface area contributed by atoms with Crippen LogP contribution in [0.4, 0.5) is 11.4 Å². The minimum absolute atomic E-state index is 0.0663. The van der Waals surface area contributed by atoms with Crippen molar-refractivity contribution in [3.8, 4) is 5.75 Å². The van der Waals surface area contributed by atoms with Gasteiger partial charge in [0.1, 0.15) is 5.75 Å². The summed E-state index contributed by atoms with van der Waals surface area (Å²) in [6, 6.07) is 11.4. The van der Waals surface area contributed by atoms with Crippen molar-refractivity contribution in [2.45, 2.75) is 6.92 Å². The number of halogens is 2. The number of anilines is 2. The van der Waals surface area contributed by atoms with E-state index in [0.29, 0.717) is 10.1 Å². The fourth-order valence-electron chi connectivity index (χ4n) is 2.91. The lowest BCUT2D eigenvalue weighted by Crippen LogP contribution is -2.50. The summed E-state index contributed by atoms with van der Waals surface area (Å²) in [5, 5.41) is 13.7. The van der Waals surface area contributed by atoms with Gasteiger partial charge in [0.25, 0.3) is 0 Å². The third-order valence-corrected chi connectivity index (χ3v) is 5.42. The second kappa shape index (κ2) is 7.81. The van der Waals surface area contributed by atoms with Gasteiger partial charge in [0, 0.05) is 42.0 Å². The van der Waals surface area contributed by atoms with E-state index in [0.717, 1.165) is 36.3 Å². The zero-order valence-electron chi connectivity index (χ0n) is 13.8. The standard InChI is InChI=1S/C18H19BrClN3OS/c1-12-10-13(19)2-4-16(12)22-6-8-23(9-7-22)18(25)21-14-3-5-17(24)15(20)11-14/h2-5,10-11,24H,6-9H2,1H3,(H,21,25).